The smallest absolute Gasteiger partial charge is 0.298 e. The number of aromatic nitrogens is 2. The van der Waals surface area contributed by atoms with Gasteiger partial charge in [0.1, 0.15) is 18.3 Å². The van der Waals surface area contributed by atoms with Crippen LogP contribution in [0.1, 0.15) is 80.2 Å². The first-order valence-corrected chi connectivity index (χ1v) is 26.8. The number of carbonyl (C=O) groups excluding carboxylic acids is 6. The molecule has 22 heteroatoms. The normalized spacial score (nSPS) is 19.2. The molecule has 4 fully saturated rings. The average molecular weight is 1050 g/mol. The second kappa shape index (κ2) is 24.9. The van der Waals surface area contributed by atoms with E-state index < -0.39 is 41.3 Å². The van der Waals surface area contributed by atoms with Crippen LogP contribution < -0.4 is 31.5 Å². The molecule has 21 nitrogen and oxygen atoms in total. The molecule has 75 heavy (non-hydrogen) atoms. The van der Waals surface area contributed by atoms with Crippen LogP contribution in [0, 0.1) is 18.3 Å². The lowest BCUT2D eigenvalue weighted by molar-refractivity contribution is -0.144. The minimum Gasteiger partial charge on any atom is -0.431 e. The molecule has 0 aliphatic carbocycles. The first-order chi connectivity index (χ1) is 36.0. The van der Waals surface area contributed by atoms with E-state index in [1.54, 1.807) is 11.3 Å². The first-order valence-electron chi connectivity index (χ1n) is 25.9. The maximum atomic E-state index is 14.1. The summed E-state index contributed by atoms with van der Waals surface area (Å²) in [7, 11) is 0. The Morgan fingerprint density at radius 3 is 2.29 bits per heavy atom. The van der Waals surface area contributed by atoms with Gasteiger partial charge in [-0.15, -0.1) is 11.3 Å². The van der Waals surface area contributed by atoms with Gasteiger partial charge in [0, 0.05) is 90.8 Å². The van der Waals surface area contributed by atoms with Gasteiger partial charge in [-0.25, -0.2) is 4.98 Å². The molecule has 0 radical (unpaired) electrons. The number of carbonyl (C=O) groups is 6. The summed E-state index contributed by atoms with van der Waals surface area (Å²) in [5.74, 6) is -2.19. The molecule has 4 aliphatic heterocycles. The number of ether oxygens (including phenoxy) is 2. The Morgan fingerprint density at radius 2 is 1.61 bits per heavy atom. The first kappa shape index (κ1) is 54.8. The van der Waals surface area contributed by atoms with Gasteiger partial charge in [0.25, 0.3) is 11.9 Å². The highest BCUT2D eigenvalue weighted by Gasteiger charge is 2.44. The van der Waals surface area contributed by atoms with Gasteiger partial charge in [-0.1, -0.05) is 51.1 Å². The van der Waals surface area contributed by atoms with Crippen molar-refractivity contribution in [2.45, 2.75) is 91.1 Å². The minimum atomic E-state index is -0.976. The van der Waals surface area contributed by atoms with Gasteiger partial charge in [-0.05, 0) is 54.0 Å². The van der Waals surface area contributed by atoms with Crippen molar-refractivity contribution in [1.29, 1.82) is 0 Å². The number of rotatable bonds is 19. The molecule has 8 rings (SSSR count). The zero-order valence-electron chi connectivity index (χ0n) is 43.4. The number of hydrogen-bond acceptors (Lipinski definition) is 16. The highest BCUT2D eigenvalue weighted by molar-refractivity contribution is 7.13. The molecule has 404 valence electrons. The molecular weight excluding hydrogens is 983 g/mol. The van der Waals surface area contributed by atoms with Crippen LogP contribution in [-0.2, 0) is 46.5 Å². The Bertz CT molecular complexity index is 2630. The van der Waals surface area contributed by atoms with E-state index in [9.17, 15) is 33.9 Å². The number of nitrogens with two attached hydrogens (primary N) is 1. The number of aliphatic hydroxyl groups is 1. The van der Waals surface area contributed by atoms with Crippen molar-refractivity contribution >= 4 is 64.2 Å². The Balaban J connectivity index is 0.767. The van der Waals surface area contributed by atoms with E-state index in [0.29, 0.717) is 96.7 Å². The second-order valence-corrected chi connectivity index (χ2v) is 21.7. The minimum absolute atomic E-state index is 0.0314. The number of aryl methyl sites for hydroxylation is 1. The lowest BCUT2D eigenvalue weighted by atomic mass is 9.85. The van der Waals surface area contributed by atoms with Crippen molar-refractivity contribution < 1.29 is 47.8 Å². The van der Waals surface area contributed by atoms with Crippen LogP contribution in [-0.4, -0.2) is 169 Å². The average Bonchev–Trinajstić information content (AvgIpc) is 4.18. The van der Waals surface area contributed by atoms with Crippen LogP contribution in [0.3, 0.4) is 0 Å². The number of anilines is 3. The molecule has 2 aromatic carbocycles. The fourth-order valence-electron chi connectivity index (χ4n) is 9.91. The molecule has 6 heterocycles. The molecular formula is C53H71N11O10S. The number of nitrogens with one attached hydrogen (secondary N) is 3. The maximum absolute atomic E-state index is 14.1. The molecule has 0 bridgehead atoms. The zero-order valence-corrected chi connectivity index (χ0v) is 44.2. The molecule has 0 unspecified atom stereocenters. The van der Waals surface area contributed by atoms with Crippen molar-refractivity contribution in [3.05, 3.63) is 76.8 Å². The van der Waals surface area contributed by atoms with Crippen LogP contribution >= 0.6 is 11.3 Å². The summed E-state index contributed by atoms with van der Waals surface area (Å²) >= 11 is 1.57. The van der Waals surface area contributed by atoms with Crippen LogP contribution in [0.2, 0.25) is 0 Å². The van der Waals surface area contributed by atoms with Gasteiger partial charge < -0.3 is 60.3 Å². The number of aliphatic hydroxyl groups excluding tert-OH is 1. The standard InChI is InChI=1S/C53H71N11O10S/c1-34-46(75-33-56-34)37-8-5-35(6-9-37)29-55-50(70)43-28-39(65)31-64(43)51(71)47(53(2,3)4)59-44(66)13-23-72-24-14-45(67)62-19-17-60(18-20-62)30-36-7-10-40(42(27-36)61-15-11-38(12-16-61)48(54)68)57-49(69)41-32-74-52(58-41)63-21-25-73-26-22-63/h5-10,27,32-33,38-39,43,47,65H,11-26,28-31H2,1-4H3,(H2,54,68)(H,55,70)(H,57,69)(H,59,66)/t39-,43+,47-/m1/s1. The van der Waals surface area contributed by atoms with Gasteiger partial charge in [0.15, 0.2) is 5.69 Å². The highest BCUT2D eigenvalue weighted by Crippen LogP contribution is 2.33. The van der Waals surface area contributed by atoms with Crippen molar-refractivity contribution in [3.8, 4) is 10.4 Å². The highest BCUT2D eigenvalue weighted by atomic mass is 32.1. The molecule has 4 aromatic rings. The molecule has 0 spiro atoms. The summed E-state index contributed by atoms with van der Waals surface area (Å²) in [4.78, 5) is 99.0. The van der Waals surface area contributed by atoms with Gasteiger partial charge in [0.2, 0.25) is 29.5 Å². The van der Waals surface area contributed by atoms with E-state index in [0.717, 1.165) is 32.9 Å². The van der Waals surface area contributed by atoms with Crippen LogP contribution in [0.5, 0.6) is 0 Å². The van der Waals surface area contributed by atoms with Crippen LogP contribution in [0.15, 0.2) is 58.7 Å². The molecule has 0 saturated carbocycles. The van der Waals surface area contributed by atoms with Crippen molar-refractivity contribution in [1.82, 2.24) is 35.3 Å². The number of morpholine rings is 1. The number of β-amino-alcohol motifs (C(OH)–C–C–N with tert-alkyl or cyclic N) is 1. The third kappa shape index (κ3) is 14.3. The predicted molar refractivity (Wildman–Crippen MR) is 282 cm³/mol. The summed E-state index contributed by atoms with van der Waals surface area (Å²) in [6, 6.07) is 12.3. The Hall–Kier alpha value is -6.46. The van der Waals surface area contributed by atoms with Crippen LogP contribution in [0.25, 0.3) is 10.4 Å². The fraction of sp³-hybridized carbons (Fsp3) is 0.547. The zero-order chi connectivity index (χ0) is 53.2. The maximum Gasteiger partial charge on any atom is 0.298 e. The number of thiazole rings is 1. The Labute approximate surface area is 441 Å². The van der Waals surface area contributed by atoms with E-state index in [-0.39, 0.29) is 74.9 Å². The number of nitrogens with zero attached hydrogens (tertiary/aromatic N) is 7. The molecule has 6 amide bonds. The number of likely N-dealkylation sites (tertiary alicyclic amines) is 1. The number of piperazine rings is 1. The summed E-state index contributed by atoms with van der Waals surface area (Å²) in [6.45, 7) is 14.4. The lowest BCUT2D eigenvalue weighted by Crippen LogP contribution is -2.57. The molecule has 4 saturated heterocycles. The van der Waals surface area contributed by atoms with Gasteiger partial charge in [-0.3, -0.25) is 33.7 Å². The number of oxazole rings is 1. The number of benzene rings is 2. The third-order valence-electron chi connectivity index (χ3n) is 14.3. The van der Waals surface area contributed by atoms with E-state index in [4.69, 9.17) is 19.6 Å². The monoisotopic (exact) mass is 1050 g/mol. The van der Waals surface area contributed by atoms with Crippen molar-refractivity contribution in [3.63, 3.8) is 0 Å². The molecule has 4 aliphatic rings. The SMILES string of the molecule is Cc1ncsc1-c1ccc(CNC(=O)[C@@H]2C[C@@H](O)CN2C(=O)[C@@H](NC(=O)CCOCCC(=O)N2CCN(Cc3ccc(NC(=O)c4coc(N5CCOCC5)n4)c(N4CCC(C(N)=O)CC4)c3)CC2)C(C)(C)C)cc1. The van der Waals surface area contributed by atoms with Gasteiger partial charge >= 0.3 is 0 Å². The summed E-state index contributed by atoms with van der Waals surface area (Å²) in [6.07, 6.45) is 1.88. The molecule has 3 atom stereocenters. The topological polar surface area (TPSA) is 258 Å². The van der Waals surface area contributed by atoms with Gasteiger partial charge in [0.05, 0.1) is 66.4 Å². The molecule has 6 N–H and O–H groups in total. The van der Waals surface area contributed by atoms with Gasteiger partial charge in [-0.2, -0.15) is 4.98 Å². The second-order valence-electron chi connectivity index (χ2n) is 20.8. The van der Waals surface area contributed by atoms with E-state index in [1.165, 1.54) is 11.2 Å². The summed E-state index contributed by atoms with van der Waals surface area (Å²) < 4.78 is 16.8. The number of hydrogen-bond donors (Lipinski definition) is 5. The largest absolute Gasteiger partial charge is 0.431 e. The van der Waals surface area contributed by atoms with Crippen molar-refractivity contribution in [2.24, 2.45) is 17.1 Å². The number of primary amides is 1. The predicted octanol–water partition coefficient (Wildman–Crippen LogP) is 3.15. The third-order valence-corrected chi connectivity index (χ3v) is 15.3. The Kier molecular flexibility index (Phi) is 18.2. The number of piperidine rings is 1. The van der Waals surface area contributed by atoms with E-state index in [2.05, 4.69) is 41.8 Å². The fourth-order valence-corrected chi connectivity index (χ4v) is 10.7. The van der Waals surface area contributed by atoms with E-state index in [1.807, 2.05) is 79.4 Å². The number of amides is 6. The summed E-state index contributed by atoms with van der Waals surface area (Å²) in [5, 5.41) is 19.4. The Morgan fingerprint density at radius 1 is 0.907 bits per heavy atom. The van der Waals surface area contributed by atoms with Crippen molar-refractivity contribution in [2.75, 3.05) is 100 Å². The lowest BCUT2D eigenvalue weighted by Gasteiger charge is -2.36. The van der Waals surface area contributed by atoms with Crippen LogP contribution in [0.4, 0.5) is 17.4 Å². The summed E-state index contributed by atoms with van der Waals surface area (Å²) in [5.41, 5.74) is 12.3. The van der Waals surface area contributed by atoms with E-state index >= 15 is 0 Å². The molecule has 2 aromatic heterocycles. The quantitative estimate of drug-likeness (QED) is 0.0846.